The van der Waals surface area contributed by atoms with Gasteiger partial charge in [0.15, 0.2) is 5.96 Å². The first kappa shape index (κ1) is 22.3. The van der Waals surface area contributed by atoms with E-state index in [0.717, 1.165) is 57.3 Å². The van der Waals surface area contributed by atoms with Crippen molar-refractivity contribution in [3.63, 3.8) is 0 Å². The summed E-state index contributed by atoms with van der Waals surface area (Å²) in [6, 6.07) is 4.51. The molecule has 1 saturated carbocycles. The van der Waals surface area contributed by atoms with Gasteiger partial charge in [-0.15, -0.1) is 24.0 Å². The van der Waals surface area contributed by atoms with Gasteiger partial charge in [0.05, 0.1) is 6.26 Å². The van der Waals surface area contributed by atoms with Crippen molar-refractivity contribution in [1.29, 1.82) is 0 Å². The molecule has 1 aliphatic carbocycles. The summed E-state index contributed by atoms with van der Waals surface area (Å²) < 4.78 is 10.8. The highest BCUT2D eigenvalue weighted by atomic mass is 127. The molecule has 0 saturated heterocycles. The molecule has 1 aromatic heterocycles. The van der Waals surface area contributed by atoms with Crippen LogP contribution in [0.25, 0.3) is 0 Å². The van der Waals surface area contributed by atoms with E-state index in [1.807, 2.05) is 19.1 Å². The van der Waals surface area contributed by atoms with Crippen LogP contribution in [0.4, 0.5) is 0 Å². The summed E-state index contributed by atoms with van der Waals surface area (Å²) in [7, 11) is 0. The van der Waals surface area contributed by atoms with Gasteiger partial charge in [0, 0.05) is 38.8 Å². The molecule has 1 fully saturated rings. The first-order chi connectivity index (χ1) is 11.9. The lowest BCUT2D eigenvalue weighted by Crippen LogP contribution is -2.45. The quantitative estimate of drug-likeness (QED) is 0.237. The number of ether oxygens (including phenoxy) is 1. The average Bonchev–Trinajstić information content (AvgIpc) is 3.12. The number of unbranched alkanes of at least 4 members (excludes halogenated alkanes) is 1. The van der Waals surface area contributed by atoms with E-state index >= 15 is 0 Å². The van der Waals surface area contributed by atoms with Gasteiger partial charge < -0.3 is 19.8 Å². The number of furan rings is 1. The van der Waals surface area contributed by atoms with Gasteiger partial charge in [-0.3, -0.25) is 4.99 Å². The molecular weight excluding hydrogens is 429 g/mol. The summed E-state index contributed by atoms with van der Waals surface area (Å²) in [6.07, 6.45) is 11.3. The van der Waals surface area contributed by atoms with Crippen molar-refractivity contribution in [3.05, 3.63) is 24.2 Å². The smallest absolute Gasteiger partial charge is 0.191 e. The molecule has 2 rings (SSSR count). The molecule has 0 bridgehead atoms. The van der Waals surface area contributed by atoms with Crippen LogP contribution in [0.15, 0.2) is 27.8 Å². The molecule has 1 aromatic rings. The third-order valence-electron chi connectivity index (χ3n) is 4.36. The monoisotopic (exact) mass is 463 g/mol. The molecule has 0 aromatic carbocycles. The lowest BCUT2D eigenvalue weighted by molar-refractivity contribution is 0.144. The maximum absolute atomic E-state index is 5.39. The predicted molar refractivity (Wildman–Crippen MR) is 114 cm³/mol. The van der Waals surface area contributed by atoms with Crippen LogP contribution >= 0.6 is 24.0 Å². The molecule has 0 spiro atoms. The summed E-state index contributed by atoms with van der Waals surface area (Å²) >= 11 is 0. The number of aliphatic imine (C=N–C) groups is 1. The van der Waals surface area contributed by atoms with Crippen LogP contribution < -0.4 is 10.6 Å². The molecule has 0 unspecified atom stereocenters. The Morgan fingerprint density at radius 3 is 2.84 bits per heavy atom. The summed E-state index contributed by atoms with van der Waals surface area (Å²) in [5, 5.41) is 7.07. The lowest BCUT2D eigenvalue weighted by atomic mass is 9.96. The number of guanidine groups is 1. The van der Waals surface area contributed by atoms with Crippen LogP contribution in [0.5, 0.6) is 0 Å². The molecule has 0 amide bonds. The van der Waals surface area contributed by atoms with Gasteiger partial charge in [-0.2, -0.15) is 0 Å². The predicted octanol–water partition coefficient (Wildman–Crippen LogP) is 4.12. The van der Waals surface area contributed by atoms with Crippen molar-refractivity contribution in [3.8, 4) is 0 Å². The van der Waals surface area contributed by atoms with Gasteiger partial charge in [0.2, 0.25) is 0 Å². The molecule has 0 atom stereocenters. The van der Waals surface area contributed by atoms with E-state index in [2.05, 4.69) is 10.6 Å². The summed E-state index contributed by atoms with van der Waals surface area (Å²) in [6.45, 7) is 5.35. The summed E-state index contributed by atoms with van der Waals surface area (Å²) in [5.41, 5.74) is 0. The van der Waals surface area contributed by atoms with Crippen LogP contribution in [0.3, 0.4) is 0 Å². The molecule has 5 nitrogen and oxygen atoms in total. The van der Waals surface area contributed by atoms with Crippen molar-refractivity contribution in [2.75, 3.05) is 26.3 Å². The van der Waals surface area contributed by atoms with E-state index in [1.165, 1.54) is 32.1 Å². The Morgan fingerprint density at radius 1 is 1.28 bits per heavy atom. The Bertz CT molecular complexity index is 446. The van der Waals surface area contributed by atoms with E-state index in [0.29, 0.717) is 6.04 Å². The zero-order valence-electron chi connectivity index (χ0n) is 15.5. The van der Waals surface area contributed by atoms with Crippen LogP contribution in [0.2, 0.25) is 0 Å². The molecule has 1 aliphatic rings. The van der Waals surface area contributed by atoms with Gasteiger partial charge in [-0.05, 0) is 44.7 Å². The second-order valence-electron chi connectivity index (χ2n) is 6.37. The zero-order chi connectivity index (χ0) is 16.9. The molecule has 2 N–H and O–H groups in total. The fourth-order valence-corrected chi connectivity index (χ4v) is 3.00. The number of halogens is 1. The van der Waals surface area contributed by atoms with Gasteiger partial charge in [0.1, 0.15) is 5.76 Å². The first-order valence-corrected chi connectivity index (χ1v) is 9.53. The SMILES string of the molecule is CCOCCCCN=C(NCCc1ccco1)NC1CCCCC1.I. The average molecular weight is 463 g/mol. The molecule has 6 heteroatoms. The van der Waals surface area contributed by atoms with Gasteiger partial charge in [0.25, 0.3) is 0 Å². The molecule has 0 aliphatic heterocycles. The fourth-order valence-electron chi connectivity index (χ4n) is 3.00. The van der Waals surface area contributed by atoms with Gasteiger partial charge in [-0.1, -0.05) is 19.3 Å². The van der Waals surface area contributed by atoms with Crippen molar-refractivity contribution < 1.29 is 9.15 Å². The standard InChI is InChI=1S/C19H33N3O2.HI/c1-2-23-15-7-6-13-20-19(22-17-9-4-3-5-10-17)21-14-12-18-11-8-16-24-18;/h8,11,16-17H,2-7,9-10,12-15H2,1H3,(H2,20,21,22);1H. The fraction of sp³-hybridized carbons (Fsp3) is 0.737. The molecule has 0 radical (unpaired) electrons. The van der Waals surface area contributed by atoms with Crippen LogP contribution in [0.1, 0.15) is 57.6 Å². The second kappa shape index (κ2) is 14.4. The van der Waals surface area contributed by atoms with Crippen LogP contribution in [0, 0.1) is 0 Å². The van der Waals surface area contributed by atoms with E-state index in [1.54, 1.807) is 6.26 Å². The van der Waals surface area contributed by atoms with Crippen molar-refractivity contribution in [2.24, 2.45) is 4.99 Å². The molecule has 1 heterocycles. The summed E-state index contributed by atoms with van der Waals surface area (Å²) in [4.78, 5) is 4.74. The highest BCUT2D eigenvalue weighted by molar-refractivity contribution is 14.0. The number of hydrogen-bond acceptors (Lipinski definition) is 3. The van der Waals surface area contributed by atoms with Crippen molar-refractivity contribution in [1.82, 2.24) is 10.6 Å². The number of nitrogens with one attached hydrogen (secondary N) is 2. The zero-order valence-corrected chi connectivity index (χ0v) is 17.8. The Labute approximate surface area is 169 Å². The minimum absolute atomic E-state index is 0. The van der Waals surface area contributed by atoms with Gasteiger partial charge in [-0.25, -0.2) is 0 Å². The number of hydrogen-bond donors (Lipinski definition) is 2. The van der Waals surface area contributed by atoms with Gasteiger partial charge >= 0.3 is 0 Å². The Morgan fingerprint density at radius 2 is 2.12 bits per heavy atom. The Balaban J connectivity index is 0.00000312. The Kier molecular flexibility index (Phi) is 12.8. The largest absolute Gasteiger partial charge is 0.469 e. The van der Waals surface area contributed by atoms with E-state index < -0.39 is 0 Å². The minimum Gasteiger partial charge on any atom is -0.469 e. The molecular formula is C19H34IN3O2. The maximum atomic E-state index is 5.39. The first-order valence-electron chi connectivity index (χ1n) is 9.53. The van der Waals surface area contributed by atoms with E-state index in [4.69, 9.17) is 14.1 Å². The third-order valence-corrected chi connectivity index (χ3v) is 4.36. The van der Waals surface area contributed by atoms with Crippen LogP contribution in [-0.4, -0.2) is 38.3 Å². The lowest BCUT2D eigenvalue weighted by Gasteiger charge is -2.25. The molecule has 25 heavy (non-hydrogen) atoms. The van der Waals surface area contributed by atoms with E-state index in [-0.39, 0.29) is 24.0 Å². The molecule has 144 valence electrons. The number of nitrogens with zero attached hydrogens (tertiary/aromatic N) is 1. The maximum Gasteiger partial charge on any atom is 0.191 e. The normalized spacial score (nSPS) is 15.6. The van der Waals surface area contributed by atoms with Crippen molar-refractivity contribution in [2.45, 2.75) is 64.3 Å². The third kappa shape index (κ3) is 10.1. The highest BCUT2D eigenvalue weighted by Crippen LogP contribution is 2.17. The van der Waals surface area contributed by atoms with Crippen molar-refractivity contribution >= 4 is 29.9 Å². The van der Waals surface area contributed by atoms with Crippen LogP contribution in [-0.2, 0) is 11.2 Å². The highest BCUT2D eigenvalue weighted by Gasteiger charge is 2.14. The summed E-state index contributed by atoms with van der Waals surface area (Å²) in [5.74, 6) is 1.96. The van der Waals surface area contributed by atoms with E-state index in [9.17, 15) is 0 Å². The second-order valence-corrected chi connectivity index (χ2v) is 6.37. The number of rotatable bonds is 10. The Hall–Kier alpha value is -0.760. The minimum atomic E-state index is 0. The topological polar surface area (TPSA) is 58.8 Å².